The fourth-order valence-corrected chi connectivity index (χ4v) is 4.32. The van der Waals surface area contributed by atoms with E-state index in [1.807, 2.05) is 74.7 Å². The Kier molecular flexibility index (Phi) is 7.15. The summed E-state index contributed by atoms with van der Waals surface area (Å²) in [4.78, 5) is 13.6. The number of carbonyl (C=O) groups is 1. The van der Waals surface area contributed by atoms with Crippen molar-refractivity contribution in [3.05, 3.63) is 76.7 Å². The first-order valence-electron chi connectivity index (χ1n) is 11.0. The van der Waals surface area contributed by atoms with Crippen LogP contribution in [0.5, 0.6) is 11.5 Å². The highest BCUT2D eigenvalue weighted by molar-refractivity contribution is 7.09. The number of amides is 1. The zero-order chi connectivity index (χ0) is 23.2. The molecule has 0 fully saturated rings. The second-order valence-electron chi connectivity index (χ2n) is 7.51. The maximum Gasteiger partial charge on any atom is 0.244 e. The van der Waals surface area contributed by atoms with Crippen LogP contribution in [0, 0.1) is 0 Å². The van der Waals surface area contributed by atoms with Gasteiger partial charge in [0.25, 0.3) is 0 Å². The van der Waals surface area contributed by atoms with Gasteiger partial charge in [-0.05, 0) is 61.6 Å². The Bertz CT molecular complexity index is 1250. The third-order valence-electron chi connectivity index (χ3n) is 5.24. The van der Waals surface area contributed by atoms with Gasteiger partial charge >= 0.3 is 0 Å². The molecular formula is C27H27NO4S. The number of benzene rings is 2. The highest BCUT2D eigenvalue weighted by Gasteiger charge is 2.15. The number of allylic oxidation sites excluding steroid dienone is 1. The van der Waals surface area contributed by atoms with Crippen LogP contribution in [-0.2, 0) is 11.3 Å². The zero-order valence-corrected chi connectivity index (χ0v) is 19.8. The second-order valence-corrected chi connectivity index (χ2v) is 8.54. The normalized spacial score (nSPS) is 11.5. The molecule has 0 aliphatic carbocycles. The Morgan fingerprint density at radius 3 is 2.58 bits per heavy atom. The summed E-state index contributed by atoms with van der Waals surface area (Å²) in [5, 5.41) is 5.91. The first-order valence-corrected chi connectivity index (χ1v) is 11.9. The van der Waals surface area contributed by atoms with E-state index in [4.69, 9.17) is 13.9 Å². The summed E-state index contributed by atoms with van der Waals surface area (Å²) in [7, 11) is 0. The summed E-state index contributed by atoms with van der Waals surface area (Å²) >= 11 is 1.62. The predicted octanol–water partition coefficient (Wildman–Crippen LogP) is 6.68. The Balaban J connectivity index is 1.66. The lowest BCUT2D eigenvalue weighted by molar-refractivity contribution is -0.116. The van der Waals surface area contributed by atoms with Crippen LogP contribution in [0.4, 0.5) is 0 Å². The van der Waals surface area contributed by atoms with Crippen LogP contribution in [0.3, 0.4) is 0 Å². The standard InChI is InChI=1S/C27H27NO4S/c1-4-30-20-10-8-19(9-11-20)24-17-32-26-15-25(31-5-2)22(14-23(24)26)18(3)13-27(29)28-16-21-7-6-12-33-21/h6-15,17H,4-5,16H2,1-3H3,(H,28,29)/b18-13+. The molecule has 5 nitrogen and oxygen atoms in total. The molecule has 0 bridgehead atoms. The van der Waals surface area contributed by atoms with E-state index in [0.29, 0.717) is 25.5 Å². The molecule has 2 aromatic heterocycles. The van der Waals surface area contributed by atoms with Gasteiger partial charge in [-0.2, -0.15) is 0 Å². The molecule has 33 heavy (non-hydrogen) atoms. The minimum atomic E-state index is -0.137. The van der Waals surface area contributed by atoms with Gasteiger partial charge in [0.1, 0.15) is 17.1 Å². The van der Waals surface area contributed by atoms with Gasteiger partial charge in [-0.15, -0.1) is 11.3 Å². The van der Waals surface area contributed by atoms with Crippen LogP contribution >= 0.6 is 11.3 Å². The van der Waals surface area contributed by atoms with Gasteiger partial charge in [0.2, 0.25) is 5.91 Å². The smallest absolute Gasteiger partial charge is 0.244 e. The number of nitrogens with one attached hydrogen (secondary N) is 1. The number of carbonyl (C=O) groups excluding carboxylic acids is 1. The largest absolute Gasteiger partial charge is 0.494 e. The van der Waals surface area contributed by atoms with Gasteiger partial charge in [0, 0.05) is 33.5 Å². The quantitative estimate of drug-likeness (QED) is 0.283. The molecule has 0 aliphatic heterocycles. The van der Waals surface area contributed by atoms with E-state index < -0.39 is 0 Å². The first kappa shape index (κ1) is 22.7. The number of rotatable bonds is 9. The van der Waals surface area contributed by atoms with E-state index in [0.717, 1.165) is 43.9 Å². The van der Waals surface area contributed by atoms with Crippen molar-refractivity contribution in [1.82, 2.24) is 5.32 Å². The number of ether oxygens (including phenoxy) is 2. The van der Waals surface area contributed by atoms with E-state index in [1.54, 1.807) is 23.7 Å². The molecule has 0 atom stereocenters. The van der Waals surface area contributed by atoms with Crippen molar-refractivity contribution in [1.29, 1.82) is 0 Å². The third-order valence-corrected chi connectivity index (χ3v) is 6.12. The third kappa shape index (κ3) is 5.29. The predicted molar refractivity (Wildman–Crippen MR) is 134 cm³/mol. The summed E-state index contributed by atoms with van der Waals surface area (Å²) < 4.78 is 17.3. The Hall–Kier alpha value is -3.51. The van der Waals surface area contributed by atoms with E-state index >= 15 is 0 Å². The monoisotopic (exact) mass is 461 g/mol. The van der Waals surface area contributed by atoms with Crippen molar-refractivity contribution in [2.45, 2.75) is 27.3 Å². The van der Waals surface area contributed by atoms with Gasteiger partial charge in [0.15, 0.2) is 0 Å². The summed E-state index contributed by atoms with van der Waals surface area (Å²) in [6.07, 6.45) is 3.38. The fraction of sp³-hybridized carbons (Fsp3) is 0.222. The number of fused-ring (bicyclic) bond motifs is 1. The molecule has 2 heterocycles. The van der Waals surface area contributed by atoms with Crippen molar-refractivity contribution < 1.29 is 18.7 Å². The lowest BCUT2D eigenvalue weighted by Gasteiger charge is -2.12. The fourth-order valence-electron chi connectivity index (χ4n) is 3.67. The van der Waals surface area contributed by atoms with Gasteiger partial charge in [-0.1, -0.05) is 18.2 Å². The maximum atomic E-state index is 12.5. The number of furan rings is 1. The van der Waals surface area contributed by atoms with Crippen molar-refractivity contribution in [2.75, 3.05) is 13.2 Å². The summed E-state index contributed by atoms with van der Waals surface area (Å²) in [5.41, 5.74) is 4.43. The van der Waals surface area contributed by atoms with Gasteiger partial charge in [-0.3, -0.25) is 4.79 Å². The molecule has 170 valence electrons. The van der Waals surface area contributed by atoms with Crippen molar-refractivity contribution in [3.63, 3.8) is 0 Å². The highest BCUT2D eigenvalue weighted by atomic mass is 32.1. The van der Waals surface area contributed by atoms with E-state index in [9.17, 15) is 4.79 Å². The van der Waals surface area contributed by atoms with Gasteiger partial charge in [0.05, 0.1) is 26.0 Å². The lowest BCUT2D eigenvalue weighted by Crippen LogP contribution is -2.20. The number of thiophene rings is 1. The van der Waals surface area contributed by atoms with Crippen LogP contribution in [0.15, 0.2) is 70.7 Å². The average molecular weight is 462 g/mol. The maximum absolute atomic E-state index is 12.5. The summed E-state index contributed by atoms with van der Waals surface area (Å²) in [5.74, 6) is 1.39. The zero-order valence-electron chi connectivity index (χ0n) is 19.0. The SMILES string of the molecule is CCOc1ccc(-c2coc3cc(OCC)c(/C(C)=C/C(=O)NCc4cccs4)cc23)cc1. The molecule has 0 radical (unpaired) electrons. The Morgan fingerprint density at radius 2 is 1.88 bits per heavy atom. The first-order chi connectivity index (χ1) is 16.1. The topological polar surface area (TPSA) is 60.7 Å². The molecular weight excluding hydrogens is 434 g/mol. The average Bonchev–Trinajstić information content (AvgIpc) is 3.48. The highest BCUT2D eigenvalue weighted by Crippen LogP contribution is 2.38. The molecule has 1 N–H and O–H groups in total. The lowest BCUT2D eigenvalue weighted by atomic mass is 9.99. The second kappa shape index (κ2) is 10.4. The molecule has 0 aliphatic rings. The molecule has 1 amide bonds. The molecule has 0 spiro atoms. The minimum absolute atomic E-state index is 0.137. The minimum Gasteiger partial charge on any atom is -0.494 e. The molecule has 4 rings (SSSR count). The van der Waals surface area contributed by atoms with E-state index in [1.165, 1.54) is 0 Å². The summed E-state index contributed by atoms with van der Waals surface area (Å²) in [6, 6.07) is 15.9. The van der Waals surface area contributed by atoms with Crippen molar-refractivity contribution >= 4 is 33.8 Å². The molecule has 2 aromatic carbocycles. The number of hydrogen-bond acceptors (Lipinski definition) is 5. The van der Waals surface area contributed by atoms with Crippen LogP contribution in [0.2, 0.25) is 0 Å². The Labute approximate surface area is 197 Å². The van der Waals surface area contributed by atoms with Crippen LogP contribution in [-0.4, -0.2) is 19.1 Å². The van der Waals surface area contributed by atoms with Crippen LogP contribution < -0.4 is 14.8 Å². The molecule has 6 heteroatoms. The Morgan fingerprint density at radius 1 is 1.09 bits per heavy atom. The molecule has 0 saturated heterocycles. The molecule has 0 saturated carbocycles. The molecule has 4 aromatic rings. The van der Waals surface area contributed by atoms with Gasteiger partial charge in [-0.25, -0.2) is 0 Å². The van der Waals surface area contributed by atoms with Crippen LogP contribution in [0.25, 0.3) is 27.7 Å². The van der Waals surface area contributed by atoms with E-state index in [2.05, 4.69) is 5.32 Å². The van der Waals surface area contributed by atoms with Gasteiger partial charge < -0.3 is 19.2 Å². The number of hydrogen-bond donors (Lipinski definition) is 1. The van der Waals surface area contributed by atoms with Crippen LogP contribution in [0.1, 0.15) is 31.2 Å². The van der Waals surface area contributed by atoms with Crippen molar-refractivity contribution in [2.24, 2.45) is 0 Å². The van der Waals surface area contributed by atoms with Crippen molar-refractivity contribution in [3.8, 4) is 22.6 Å². The molecule has 0 unspecified atom stereocenters. The summed E-state index contributed by atoms with van der Waals surface area (Å²) in [6.45, 7) is 7.49. The van der Waals surface area contributed by atoms with E-state index in [-0.39, 0.29) is 5.91 Å².